The molecule has 2 N–H and O–H groups in total. The van der Waals surface area contributed by atoms with Gasteiger partial charge in [-0.1, -0.05) is 0 Å². The van der Waals surface area contributed by atoms with Gasteiger partial charge in [0.25, 0.3) is 0 Å². The first-order chi connectivity index (χ1) is 7.35. The van der Waals surface area contributed by atoms with Gasteiger partial charge in [-0.05, 0) is 46.0 Å². The zero-order chi connectivity index (χ0) is 12.0. The van der Waals surface area contributed by atoms with E-state index in [4.69, 9.17) is 4.74 Å². The van der Waals surface area contributed by atoms with Crippen LogP contribution < -0.4 is 5.32 Å². The van der Waals surface area contributed by atoms with Gasteiger partial charge in [-0.25, -0.2) is 4.79 Å². The Bertz CT molecular complexity index is 289. The van der Waals surface area contributed by atoms with E-state index in [1.54, 1.807) is 0 Å². The molecule has 1 atom stereocenters. The molecule has 4 heteroatoms. The van der Waals surface area contributed by atoms with Crippen LogP contribution in [0.4, 0.5) is 4.79 Å². The van der Waals surface area contributed by atoms with E-state index in [1.165, 1.54) is 0 Å². The number of nitrogens with one attached hydrogen (secondary N) is 1. The van der Waals surface area contributed by atoms with Crippen LogP contribution in [-0.4, -0.2) is 29.4 Å². The van der Waals surface area contributed by atoms with Gasteiger partial charge in [0.1, 0.15) is 5.60 Å². The van der Waals surface area contributed by atoms with Gasteiger partial charge < -0.3 is 15.2 Å². The number of carbonyl (C=O) groups excluding carboxylic acids is 1. The quantitative estimate of drug-likeness (QED) is 0.754. The Labute approximate surface area is 96.4 Å². The fourth-order valence-corrected chi connectivity index (χ4v) is 3.03. The van der Waals surface area contributed by atoms with Crippen molar-refractivity contribution >= 4 is 6.09 Å². The van der Waals surface area contributed by atoms with Crippen molar-refractivity contribution in [3.8, 4) is 0 Å². The molecule has 0 saturated heterocycles. The van der Waals surface area contributed by atoms with Crippen LogP contribution in [-0.2, 0) is 4.74 Å². The molecule has 1 amide bonds. The zero-order valence-electron chi connectivity index (χ0n) is 10.2. The van der Waals surface area contributed by atoms with Gasteiger partial charge in [-0.15, -0.1) is 0 Å². The van der Waals surface area contributed by atoms with E-state index in [2.05, 4.69) is 5.32 Å². The minimum Gasteiger partial charge on any atom is -0.444 e. The molecule has 3 aliphatic carbocycles. The van der Waals surface area contributed by atoms with Gasteiger partial charge in [0.2, 0.25) is 0 Å². The summed E-state index contributed by atoms with van der Waals surface area (Å²) >= 11 is 0. The molecule has 4 nitrogen and oxygen atoms in total. The van der Waals surface area contributed by atoms with Crippen LogP contribution >= 0.6 is 0 Å². The van der Waals surface area contributed by atoms with E-state index in [1.807, 2.05) is 20.8 Å². The second-order valence-corrected chi connectivity index (χ2v) is 6.23. The number of ether oxygens (including phenoxy) is 1. The predicted octanol–water partition coefficient (Wildman–Crippen LogP) is 1.67. The summed E-state index contributed by atoms with van der Waals surface area (Å²) in [6.45, 7) is 5.72. The van der Waals surface area contributed by atoms with E-state index in [-0.39, 0.29) is 24.2 Å². The molecule has 3 aliphatic rings. The van der Waals surface area contributed by atoms with Crippen molar-refractivity contribution in [1.29, 1.82) is 0 Å². The number of rotatable bonds is 2. The molecule has 1 unspecified atom stereocenters. The average molecular weight is 227 g/mol. The monoisotopic (exact) mass is 227 g/mol. The van der Waals surface area contributed by atoms with Crippen molar-refractivity contribution in [2.45, 2.75) is 51.7 Å². The SMILES string of the molecule is CC(C)(C)OC(=O)NC1CC2CC1(CO)C2. The van der Waals surface area contributed by atoms with Crippen LogP contribution in [0.5, 0.6) is 0 Å². The summed E-state index contributed by atoms with van der Waals surface area (Å²) in [6, 6.07) is 0.0948. The van der Waals surface area contributed by atoms with Crippen LogP contribution in [0, 0.1) is 11.3 Å². The Morgan fingerprint density at radius 2 is 2.12 bits per heavy atom. The second-order valence-electron chi connectivity index (χ2n) is 6.23. The maximum Gasteiger partial charge on any atom is 0.407 e. The summed E-state index contributed by atoms with van der Waals surface area (Å²) in [4.78, 5) is 11.6. The van der Waals surface area contributed by atoms with Crippen LogP contribution in [0.1, 0.15) is 40.0 Å². The highest BCUT2D eigenvalue weighted by molar-refractivity contribution is 5.68. The van der Waals surface area contributed by atoms with E-state index in [0.29, 0.717) is 5.92 Å². The molecule has 3 fully saturated rings. The minimum atomic E-state index is -0.460. The van der Waals surface area contributed by atoms with Gasteiger partial charge >= 0.3 is 6.09 Å². The molecule has 0 heterocycles. The molecule has 16 heavy (non-hydrogen) atoms. The molecule has 0 radical (unpaired) electrons. The first kappa shape index (κ1) is 11.7. The topological polar surface area (TPSA) is 58.6 Å². The van der Waals surface area contributed by atoms with E-state index in [0.717, 1.165) is 19.3 Å². The summed E-state index contributed by atoms with van der Waals surface area (Å²) in [7, 11) is 0. The standard InChI is InChI=1S/C12H21NO3/c1-11(2,3)16-10(15)13-9-4-8-5-12(9,6-8)7-14/h8-9,14H,4-7H2,1-3H3,(H,13,15). The van der Waals surface area contributed by atoms with Gasteiger partial charge in [-0.2, -0.15) is 0 Å². The van der Waals surface area contributed by atoms with E-state index < -0.39 is 5.60 Å². The smallest absolute Gasteiger partial charge is 0.407 e. The fraction of sp³-hybridized carbons (Fsp3) is 0.917. The van der Waals surface area contributed by atoms with Crippen molar-refractivity contribution in [2.75, 3.05) is 6.61 Å². The highest BCUT2D eigenvalue weighted by atomic mass is 16.6. The highest BCUT2D eigenvalue weighted by Gasteiger charge is 2.57. The molecular formula is C12H21NO3. The fourth-order valence-electron chi connectivity index (χ4n) is 3.03. The molecule has 3 saturated carbocycles. The Morgan fingerprint density at radius 3 is 2.62 bits per heavy atom. The van der Waals surface area contributed by atoms with Gasteiger partial charge in [0, 0.05) is 11.5 Å². The maximum absolute atomic E-state index is 11.6. The van der Waals surface area contributed by atoms with E-state index >= 15 is 0 Å². The molecule has 0 aromatic heterocycles. The van der Waals surface area contributed by atoms with Crippen LogP contribution in [0.2, 0.25) is 0 Å². The van der Waals surface area contributed by atoms with Gasteiger partial charge in [0.15, 0.2) is 0 Å². The number of alkyl carbamates (subject to hydrolysis) is 1. The molecular weight excluding hydrogens is 206 g/mol. The largest absolute Gasteiger partial charge is 0.444 e. The Balaban J connectivity index is 1.89. The molecule has 0 aromatic rings. The number of hydrogen-bond donors (Lipinski definition) is 2. The normalized spacial score (nSPS) is 36.8. The van der Waals surface area contributed by atoms with Crippen molar-refractivity contribution < 1.29 is 14.6 Å². The predicted molar refractivity (Wildman–Crippen MR) is 60.0 cm³/mol. The number of aliphatic hydroxyl groups is 1. The van der Waals surface area contributed by atoms with Crippen molar-refractivity contribution in [3.63, 3.8) is 0 Å². The zero-order valence-corrected chi connectivity index (χ0v) is 10.2. The molecule has 3 rings (SSSR count). The summed E-state index contributed by atoms with van der Waals surface area (Å²) in [5.74, 6) is 0.687. The van der Waals surface area contributed by atoms with Crippen molar-refractivity contribution in [2.24, 2.45) is 11.3 Å². The van der Waals surface area contributed by atoms with E-state index in [9.17, 15) is 9.90 Å². The lowest BCUT2D eigenvalue weighted by Crippen LogP contribution is -2.48. The van der Waals surface area contributed by atoms with Crippen molar-refractivity contribution in [1.82, 2.24) is 5.32 Å². The first-order valence-corrected chi connectivity index (χ1v) is 5.95. The summed E-state index contributed by atoms with van der Waals surface area (Å²) in [5.41, 5.74) is -0.514. The summed E-state index contributed by atoms with van der Waals surface area (Å²) < 4.78 is 5.22. The highest BCUT2D eigenvalue weighted by Crippen LogP contribution is 2.58. The lowest BCUT2D eigenvalue weighted by molar-refractivity contribution is 0.0236. The maximum atomic E-state index is 11.6. The Kier molecular flexibility index (Phi) is 2.65. The second kappa shape index (κ2) is 3.62. The molecule has 0 aromatic carbocycles. The third-order valence-electron chi connectivity index (χ3n) is 3.70. The third kappa shape index (κ3) is 2.03. The number of amides is 1. The first-order valence-electron chi connectivity index (χ1n) is 5.95. The van der Waals surface area contributed by atoms with Gasteiger partial charge in [-0.3, -0.25) is 0 Å². The van der Waals surface area contributed by atoms with Crippen LogP contribution in [0.3, 0.4) is 0 Å². The minimum absolute atomic E-state index is 0.0540. The van der Waals surface area contributed by atoms with Crippen LogP contribution in [0.25, 0.3) is 0 Å². The number of hydrogen-bond acceptors (Lipinski definition) is 3. The third-order valence-corrected chi connectivity index (χ3v) is 3.70. The Hall–Kier alpha value is -0.770. The number of aliphatic hydroxyl groups excluding tert-OH is 1. The van der Waals surface area contributed by atoms with Crippen LogP contribution in [0.15, 0.2) is 0 Å². The molecule has 0 spiro atoms. The number of carbonyl (C=O) groups is 1. The van der Waals surface area contributed by atoms with Gasteiger partial charge in [0.05, 0.1) is 6.61 Å². The van der Waals surface area contributed by atoms with Crippen molar-refractivity contribution in [3.05, 3.63) is 0 Å². The average Bonchev–Trinajstić information content (AvgIpc) is 2.52. The lowest BCUT2D eigenvalue weighted by atomic mass is 9.69. The summed E-state index contributed by atoms with van der Waals surface area (Å²) in [5, 5.41) is 12.3. The molecule has 92 valence electrons. The Morgan fingerprint density at radius 1 is 1.50 bits per heavy atom. The lowest BCUT2D eigenvalue weighted by Gasteiger charge is -2.39. The molecule has 0 aliphatic heterocycles. The summed E-state index contributed by atoms with van der Waals surface area (Å²) in [6.07, 6.45) is 2.71. The number of fused-ring (bicyclic) bond motifs is 1. The molecule has 2 bridgehead atoms.